The molecule has 2 fully saturated rings. The van der Waals surface area contributed by atoms with E-state index in [4.69, 9.17) is 0 Å². The Morgan fingerprint density at radius 3 is 2.87 bits per heavy atom. The highest BCUT2D eigenvalue weighted by Gasteiger charge is 2.48. The lowest BCUT2D eigenvalue weighted by Gasteiger charge is -2.27. The third-order valence-electron chi connectivity index (χ3n) is 5.59. The fraction of sp³-hybridized carbons (Fsp3) is 0.850. The molecule has 1 unspecified atom stereocenters. The summed E-state index contributed by atoms with van der Waals surface area (Å²) in [7, 11) is 0. The van der Waals surface area contributed by atoms with Gasteiger partial charge >= 0.3 is 0 Å². The molecule has 1 saturated heterocycles. The Morgan fingerprint density at radius 1 is 1.30 bits per heavy atom. The number of hydrogen-bond donors (Lipinski definition) is 1. The Morgan fingerprint density at radius 2 is 2.13 bits per heavy atom. The van der Waals surface area contributed by atoms with E-state index < -0.39 is 0 Å². The Balaban J connectivity index is 1.72. The molecule has 1 heterocycles. The van der Waals surface area contributed by atoms with E-state index >= 15 is 0 Å². The molecule has 3 heteroatoms. The first-order valence-electron chi connectivity index (χ1n) is 9.82. The van der Waals surface area contributed by atoms with E-state index in [1.807, 2.05) is 0 Å². The van der Waals surface area contributed by atoms with Crippen LogP contribution in [0.1, 0.15) is 78.6 Å². The number of nitrogens with zero attached hydrogens (tertiary/aromatic N) is 1. The third kappa shape index (κ3) is 5.34. The molecule has 0 radical (unpaired) electrons. The molecule has 1 N–H and O–H groups in total. The average molecular weight is 321 g/mol. The van der Waals surface area contributed by atoms with Crippen LogP contribution in [-0.4, -0.2) is 35.5 Å². The molecule has 0 aromatic heterocycles. The third-order valence-corrected chi connectivity index (χ3v) is 5.59. The largest absolute Gasteiger partial charge is 0.338 e. The summed E-state index contributed by atoms with van der Waals surface area (Å²) in [6, 6.07) is 0.418. The van der Waals surface area contributed by atoms with Crippen LogP contribution in [0.2, 0.25) is 0 Å². The van der Waals surface area contributed by atoms with Crippen LogP contribution in [0.15, 0.2) is 12.2 Å². The van der Waals surface area contributed by atoms with Gasteiger partial charge in [0.25, 0.3) is 0 Å². The highest BCUT2D eigenvalue weighted by atomic mass is 16.2. The maximum absolute atomic E-state index is 12.5. The quantitative estimate of drug-likeness (QED) is 0.481. The second-order valence-electron chi connectivity index (χ2n) is 7.64. The summed E-state index contributed by atoms with van der Waals surface area (Å²) >= 11 is 0. The zero-order valence-electron chi connectivity index (χ0n) is 15.4. The van der Waals surface area contributed by atoms with E-state index in [-0.39, 0.29) is 5.54 Å². The molecule has 1 aliphatic carbocycles. The minimum Gasteiger partial charge on any atom is -0.338 e. The smallest absolute Gasteiger partial charge is 0.222 e. The standard InChI is InChI=1S/C20H36N2O/c1-4-6-8-9-13-19(23)22-14-10-12-18(22)16-21-20(3)15-17(20)11-7-5-2/h7,11,17-18,21H,4-6,8-10,12-16H2,1-3H3/b11-7-/t17-,18?,20-/m1/s1. The summed E-state index contributed by atoms with van der Waals surface area (Å²) < 4.78 is 0. The van der Waals surface area contributed by atoms with Crippen LogP contribution in [-0.2, 0) is 4.79 Å². The Hall–Kier alpha value is -0.830. The molecule has 1 amide bonds. The molecule has 2 aliphatic rings. The number of hydrogen-bond acceptors (Lipinski definition) is 2. The van der Waals surface area contributed by atoms with E-state index in [0.29, 0.717) is 17.9 Å². The molecule has 3 atom stereocenters. The summed E-state index contributed by atoms with van der Waals surface area (Å²) in [5.74, 6) is 1.07. The van der Waals surface area contributed by atoms with Crippen molar-refractivity contribution in [2.45, 2.75) is 90.1 Å². The molecule has 0 aromatic carbocycles. The maximum atomic E-state index is 12.5. The summed E-state index contributed by atoms with van der Waals surface area (Å²) in [5.41, 5.74) is 0.268. The number of amides is 1. The van der Waals surface area contributed by atoms with E-state index in [1.54, 1.807) is 0 Å². The molecule has 0 aromatic rings. The Bertz CT molecular complexity index is 406. The topological polar surface area (TPSA) is 32.3 Å². The van der Waals surface area contributed by atoms with Gasteiger partial charge in [0, 0.05) is 31.1 Å². The molecule has 1 saturated carbocycles. The number of nitrogens with one attached hydrogen (secondary N) is 1. The number of carbonyl (C=O) groups is 1. The van der Waals surface area contributed by atoms with E-state index in [9.17, 15) is 4.79 Å². The van der Waals surface area contributed by atoms with Crippen LogP contribution in [0, 0.1) is 5.92 Å². The monoisotopic (exact) mass is 320 g/mol. The highest BCUT2D eigenvalue weighted by Crippen LogP contribution is 2.44. The lowest BCUT2D eigenvalue weighted by atomic mass is 10.1. The lowest BCUT2D eigenvalue weighted by Crippen LogP contribution is -2.44. The number of allylic oxidation sites excluding steroid dienone is 1. The summed E-state index contributed by atoms with van der Waals surface area (Å²) in [6.45, 7) is 8.66. The van der Waals surface area contributed by atoms with Crippen molar-refractivity contribution in [1.82, 2.24) is 10.2 Å². The Labute approximate surface area is 142 Å². The van der Waals surface area contributed by atoms with Gasteiger partial charge in [0.1, 0.15) is 0 Å². The number of unbranched alkanes of at least 4 members (excludes halogenated alkanes) is 3. The average Bonchev–Trinajstić information content (AvgIpc) is 2.97. The molecule has 2 rings (SSSR count). The summed E-state index contributed by atoms with van der Waals surface area (Å²) in [5, 5.41) is 3.75. The van der Waals surface area contributed by atoms with Crippen molar-refractivity contribution < 1.29 is 4.79 Å². The molecular formula is C20H36N2O. The van der Waals surface area contributed by atoms with Gasteiger partial charge in [-0.15, -0.1) is 0 Å². The van der Waals surface area contributed by atoms with Crippen LogP contribution in [0.4, 0.5) is 0 Å². The normalized spacial score (nSPS) is 30.3. The first kappa shape index (κ1) is 18.5. The molecule has 3 nitrogen and oxygen atoms in total. The second kappa shape index (κ2) is 8.86. The van der Waals surface area contributed by atoms with E-state index in [1.165, 1.54) is 38.5 Å². The van der Waals surface area contributed by atoms with Gasteiger partial charge < -0.3 is 10.2 Å². The summed E-state index contributed by atoms with van der Waals surface area (Å²) in [6.07, 6.45) is 14.8. The van der Waals surface area contributed by atoms with Crippen molar-refractivity contribution in [2.75, 3.05) is 13.1 Å². The predicted molar refractivity (Wildman–Crippen MR) is 97.4 cm³/mol. The van der Waals surface area contributed by atoms with Crippen molar-refractivity contribution in [3.63, 3.8) is 0 Å². The SMILES string of the molecule is CC/C=C\[C@@H]1C[C@@]1(C)NCC1CCCN1C(=O)CCCCCC. The zero-order valence-corrected chi connectivity index (χ0v) is 15.4. The van der Waals surface area contributed by atoms with Gasteiger partial charge in [0.15, 0.2) is 0 Å². The van der Waals surface area contributed by atoms with Crippen LogP contribution >= 0.6 is 0 Å². The van der Waals surface area contributed by atoms with Gasteiger partial charge in [-0.05, 0) is 44.9 Å². The summed E-state index contributed by atoms with van der Waals surface area (Å²) in [4.78, 5) is 14.6. The fourth-order valence-electron chi connectivity index (χ4n) is 3.76. The van der Waals surface area contributed by atoms with Gasteiger partial charge in [0.05, 0.1) is 0 Å². The first-order chi connectivity index (χ1) is 11.1. The molecular weight excluding hydrogens is 284 g/mol. The molecule has 1 aliphatic heterocycles. The number of rotatable bonds is 10. The van der Waals surface area contributed by atoms with Gasteiger partial charge in [0.2, 0.25) is 5.91 Å². The molecule has 0 bridgehead atoms. The van der Waals surface area contributed by atoms with Crippen molar-refractivity contribution in [3.8, 4) is 0 Å². The van der Waals surface area contributed by atoms with Gasteiger partial charge in [-0.3, -0.25) is 4.79 Å². The fourth-order valence-corrected chi connectivity index (χ4v) is 3.76. The van der Waals surface area contributed by atoms with Gasteiger partial charge in [-0.25, -0.2) is 0 Å². The van der Waals surface area contributed by atoms with Crippen LogP contribution < -0.4 is 5.32 Å². The number of carbonyl (C=O) groups excluding carboxylic acids is 1. The highest BCUT2D eigenvalue weighted by molar-refractivity contribution is 5.76. The second-order valence-corrected chi connectivity index (χ2v) is 7.64. The zero-order chi connectivity index (χ0) is 16.7. The van der Waals surface area contributed by atoms with E-state index in [2.05, 4.69) is 43.1 Å². The van der Waals surface area contributed by atoms with Crippen molar-refractivity contribution in [1.29, 1.82) is 0 Å². The van der Waals surface area contributed by atoms with Crippen LogP contribution in [0.25, 0.3) is 0 Å². The first-order valence-corrected chi connectivity index (χ1v) is 9.82. The van der Waals surface area contributed by atoms with E-state index in [0.717, 1.165) is 32.4 Å². The minimum atomic E-state index is 0.268. The molecule has 23 heavy (non-hydrogen) atoms. The number of likely N-dealkylation sites (tertiary alicyclic amines) is 1. The van der Waals surface area contributed by atoms with Gasteiger partial charge in [-0.1, -0.05) is 45.3 Å². The predicted octanol–water partition coefficient (Wildman–Crippen LogP) is 4.28. The lowest BCUT2D eigenvalue weighted by molar-refractivity contribution is -0.132. The maximum Gasteiger partial charge on any atom is 0.222 e. The van der Waals surface area contributed by atoms with Crippen molar-refractivity contribution in [2.24, 2.45) is 5.92 Å². The minimum absolute atomic E-state index is 0.268. The van der Waals surface area contributed by atoms with Crippen molar-refractivity contribution in [3.05, 3.63) is 12.2 Å². The van der Waals surface area contributed by atoms with Crippen molar-refractivity contribution >= 4 is 5.91 Å². The van der Waals surface area contributed by atoms with Crippen LogP contribution in [0.3, 0.4) is 0 Å². The Kier molecular flexibility index (Phi) is 7.13. The molecule has 132 valence electrons. The molecule has 0 spiro atoms. The van der Waals surface area contributed by atoms with Gasteiger partial charge in [-0.2, -0.15) is 0 Å². The van der Waals surface area contributed by atoms with Crippen LogP contribution in [0.5, 0.6) is 0 Å².